The van der Waals surface area contributed by atoms with Crippen molar-refractivity contribution in [2.24, 2.45) is 0 Å². The molecule has 15 nitrogen and oxygen atoms in total. The monoisotopic (exact) mass is 545 g/mol. The number of aromatic nitrogens is 4. The number of esters is 2. The highest BCUT2D eigenvalue weighted by Gasteiger charge is 2.32. The number of carbonyl (C=O) groups is 2. The second kappa shape index (κ2) is 13.7. The number of imidazole rings is 1. The number of carbonyl (C=O) groups excluding carboxylic acids is 2. The van der Waals surface area contributed by atoms with E-state index in [4.69, 9.17) is 29.2 Å². The van der Waals surface area contributed by atoms with Crippen molar-refractivity contribution >= 4 is 36.5 Å². The third-order valence-electron chi connectivity index (χ3n) is 4.55. The van der Waals surface area contributed by atoms with Crippen molar-refractivity contribution in [3.63, 3.8) is 0 Å². The number of nitrogens with two attached hydrogens (primary N) is 1. The number of hydrogen-bond acceptors (Lipinski definition) is 14. The molecule has 37 heavy (non-hydrogen) atoms. The molecule has 0 saturated heterocycles. The molecule has 0 radical (unpaired) electrons. The zero-order chi connectivity index (χ0) is 27.8. The highest BCUT2D eigenvalue weighted by atomic mass is 31.2. The van der Waals surface area contributed by atoms with Gasteiger partial charge in [-0.3, -0.25) is 14.2 Å². The Bertz CT molecular complexity index is 1060. The Kier molecular flexibility index (Phi) is 11.3. The van der Waals surface area contributed by atoms with E-state index < -0.39 is 44.1 Å². The fraction of sp³-hybridized carbons (Fsp3) is 0.667. The van der Waals surface area contributed by atoms with E-state index in [1.807, 2.05) is 0 Å². The van der Waals surface area contributed by atoms with Gasteiger partial charge in [0.25, 0.3) is 0 Å². The Morgan fingerprint density at radius 1 is 0.946 bits per heavy atom. The van der Waals surface area contributed by atoms with Gasteiger partial charge < -0.3 is 24.5 Å². The molecule has 3 atom stereocenters. The average molecular weight is 546 g/mol. The Balaban J connectivity index is 2.05. The zero-order valence-electron chi connectivity index (χ0n) is 22.0. The first-order valence-corrected chi connectivity index (χ1v) is 13.4. The summed E-state index contributed by atoms with van der Waals surface area (Å²) in [4.78, 5) is 36.4. The summed E-state index contributed by atoms with van der Waals surface area (Å²) in [5.41, 5.74) is 11.5. The molecule has 0 amide bonds. The van der Waals surface area contributed by atoms with Crippen LogP contribution in [0.15, 0.2) is 12.7 Å². The van der Waals surface area contributed by atoms with Crippen LogP contribution < -0.4 is 16.7 Å². The first-order valence-electron chi connectivity index (χ1n) is 11.7. The lowest BCUT2D eigenvalue weighted by Crippen LogP contribution is -2.39. The number of hydroxylamine groups is 2. The van der Waals surface area contributed by atoms with Crippen molar-refractivity contribution < 1.29 is 37.6 Å². The maximum Gasteiger partial charge on any atom is 0.388 e. The summed E-state index contributed by atoms with van der Waals surface area (Å²) in [6.45, 7) is 11.7. The summed E-state index contributed by atoms with van der Waals surface area (Å²) in [5, 5.41) is 0. The molecule has 0 unspecified atom stereocenters. The second-order valence-corrected chi connectivity index (χ2v) is 10.7. The van der Waals surface area contributed by atoms with Gasteiger partial charge in [0.2, 0.25) is 0 Å². The van der Waals surface area contributed by atoms with Crippen molar-refractivity contribution in [3.8, 4) is 0 Å². The van der Waals surface area contributed by atoms with Gasteiger partial charge in [-0.1, -0.05) is 0 Å². The maximum atomic E-state index is 13.4. The van der Waals surface area contributed by atoms with Crippen molar-refractivity contribution in [2.75, 3.05) is 12.1 Å². The number of nitrogens with zero attached hydrogens (tertiary/aromatic N) is 4. The number of nitrogens with one attached hydrogen (secondary N) is 2. The van der Waals surface area contributed by atoms with Crippen LogP contribution in [-0.4, -0.2) is 68.2 Å². The first kappa shape index (κ1) is 30.5. The Labute approximate surface area is 215 Å². The molecule has 4 N–H and O–H groups in total. The number of ether oxygens (including phenoxy) is 3. The van der Waals surface area contributed by atoms with Gasteiger partial charge in [0, 0.05) is 0 Å². The number of fused-ring (bicyclic) bond motifs is 1. The molecule has 0 spiro atoms. The maximum absolute atomic E-state index is 13.4. The topological polar surface area (TPSA) is 191 Å². The largest absolute Gasteiger partial charge is 0.462 e. The molecule has 2 heterocycles. The SMILES string of the molecule is CC(C)OC(=O)[C@H](C)NOP(=O)(CO[C@H](C)Cn1cnc2c(N)ncnc21)ON[C@@H](C)C(=O)OC(C)C. The molecule has 0 aliphatic rings. The molecule has 0 aliphatic heterocycles. The Morgan fingerprint density at radius 2 is 1.49 bits per heavy atom. The molecule has 2 aromatic rings. The van der Waals surface area contributed by atoms with Gasteiger partial charge in [-0.25, -0.2) is 24.2 Å². The van der Waals surface area contributed by atoms with Crippen LogP contribution >= 0.6 is 7.60 Å². The van der Waals surface area contributed by atoms with Crippen LogP contribution in [0.2, 0.25) is 0 Å². The third kappa shape index (κ3) is 9.61. The summed E-state index contributed by atoms with van der Waals surface area (Å²) < 4.78 is 41.6. The fourth-order valence-corrected chi connectivity index (χ4v) is 3.95. The van der Waals surface area contributed by atoms with Gasteiger partial charge in [0.15, 0.2) is 17.8 Å². The van der Waals surface area contributed by atoms with E-state index in [9.17, 15) is 14.2 Å². The highest BCUT2D eigenvalue weighted by Crippen LogP contribution is 2.46. The number of anilines is 1. The van der Waals surface area contributed by atoms with Crippen molar-refractivity contribution in [2.45, 2.75) is 85.4 Å². The highest BCUT2D eigenvalue weighted by molar-refractivity contribution is 7.53. The quantitative estimate of drug-likeness (QED) is 0.166. The molecule has 0 aromatic carbocycles. The van der Waals surface area contributed by atoms with E-state index in [1.54, 1.807) is 39.2 Å². The first-order chi connectivity index (χ1) is 17.3. The molecule has 208 valence electrons. The lowest BCUT2D eigenvalue weighted by atomic mass is 10.3. The number of rotatable bonds is 15. The van der Waals surface area contributed by atoms with Crippen LogP contribution in [0.3, 0.4) is 0 Å². The minimum absolute atomic E-state index is 0.246. The van der Waals surface area contributed by atoms with E-state index in [1.165, 1.54) is 26.5 Å². The van der Waals surface area contributed by atoms with E-state index >= 15 is 0 Å². The average Bonchev–Trinajstić information content (AvgIpc) is 3.23. The summed E-state index contributed by atoms with van der Waals surface area (Å²) >= 11 is 0. The standard InChI is InChI=1S/C21H36N7O8P/c1-12(2)33-20(29)15(6)26-35-37(31,36-27-16(7)21(30)34-13(3)4)11-32-14(5)8-28-10-25-17-18(22)23-9-24-19(17)28/h9-10,12-16,26-27H,8,11H2,1-7H3,(H2,22,23,24)/t14-,15+,16+/m1/s1. The predicted octanol–water partition coefficient (Wildman–Crippen LogP) is 1.69. The lowest BCUT2D eigenvalue weighted by Gasteiger charge is -2.24. The minimum atomic E-state index is -4.11. The van der Waals surface area contributed by atoms with Crippen molar-refractivity contribution in [1.29, 1.82) is 0 Å². The summed E-state index contributed by atoms with van der Waals surface area (Å²) in [6.07, 6.45) is 1.12. The van der Waals surface area contributed by atoms with Crippen LogP contribution in [0, 0.1) is 0 Å². The fourth-order valence-electron chi connectivity index (χ4n) is 2.74. The number of hydrogen-bond donors (Lipinski definition) is 3. The smallest absolute Gasteiger partial charge is 0.388 e. The summed E-state index contributed by atoms with van der Waals surface area (Å²) in [7, 11) is -4.11. The predicted molar refractivity (Wildman–Crippen MR) is 133 cm³/mol. The van der Waals surface area contributed by atoms with Crippen molar-refractivity contribution in [3.05, 3.63) is 12.7 Å². The molecule has 0 aliphatic carbocycles. The van der Waals surface area contributed by atoms with Gasteiger partial charge in [-0.05, 0) is 48.5 Å². The molecule has 2 rings (SSSR count). The van der Waals surface area contributed by atoms with Gasteiger partial charge in [-0.2, -0.15) is 11.0 Å². The molecule has 2 aromatic heterocycles. The van der Waals surface area contributed by atoms with Gasteiger partial charge >= 0.3 is 19.5 Å². The summed E-state index contributed by atoms with van der Waals surface area (Å²) in [6, 6.07) is -1.94. The van der Waals surface area contributed by atoms with Gasteiger partial charge in [0.1, 0.15) is 23.9 Å². The van der Waals surface area contributed by atoms with Gasteiger partial charge in [-0.15, -0.1) is 0 Å². The van der Waals surface area contributed by atoms with Gasteiger partial charge in [0.05, 0.1) is 31.2 Å². The minimum Gasteiger partial charge on any atom is -0.462 e. The van der Waals surface area contributed by atoms with Crippen LogP contribution in [-0.2, 0) is 44.2 Å². The van der Waals surface area contributed by atoms with Crippen LogP contribution in [0.25, 0.3) is 11.2 Å². The van der Waals surface area contributed by atoms with Crippen LogP contribution in [0.5, 0.6) is 0 Å². The molecule has 0 fully saturated rings. The molecule has 0 saturated carbocycles. The van der Waals surface area contributed by atoms with Crippen LogP contribution in [0.4, 0.5) is 5.82 Å². The van der Waals surface area contributed by atoms with E-state index in [2.05, 4.69) is 25.9 Å². The molecule has 0 bridgehead atoms. The normalized spacial score (nSPS) is 14.6. The Hall–Kier alpha value is -2.68. The zero-order valence-corrected chi connectivity index (χ0v) is 22.9. The molecular formula is C21H36N7O8P. The lowest BCUT2D eigenvalue weighted by molar-refractivity contribution is -0.151. The number of nitrogen functional groups attached to an aromatic ring is 1. The van der Waals surface area contributed by atoms with Crippen LogP contribution in [0.1, 0.15) is 48.5 Å². The van der Waals surface area contributed by atoms with E-state index in [-0.39, 0.29) is 24.6 Å². The van der Waals surface area contributed by atoms with E-state index in [0.29, 0.717) is 11.2 Å². The Morgan fingerprint density at radius 3 is 2.00 bits per heavy atom. The molecular weight excluding hydrogens is 509 g/mol. The second-order valence-electron chi connectivity index (χ2n) is 8.88. The summed E-state index contributed by atoms with van der Waals surface area (Å²) in [5.74, 6) is -0.993. The van der Waals surface area contributed by atoms with E-state index in [0.717, 1.165) is 0 Å². The van der Waals surface area contributed by atoms with Crippen molar-refractivity contribution in [1.82, 2.24) is 30.5 Å². The molecule has 16 heteroatoms. The third-order valence-corrected chi connectivity index (χ3v) is 5.78.